The number of allylic oxidation sites excluding steroid dienone is 1. The van der Waals surface area contributed by atoms with Crippen molar-refractivity contribution in [1.82, 2.24) is 25.3 Å². The Balaban J connectivity index is 1.50. The van der Waals surface area contributed by atoms with Crippen LogP contribution in [-0.2, 0) is 0 Å². The summed E-state index contributed by atoms with van der Waals surface area (Å²) in [6, 6.07) is 13.1. The summed E-state index contributed by atoms with van der Waals surface area (Å²) in [7, 11) is 8.12. The summed E-state index contributed by atoms with van der Waals surface area (Å²) in [6.45, 7) is 8.35. The van der Waals surface area contributed by atoms with E-state index in [1.807, 2.05) is 37.6 Å². The van der Waals surface area contributed by atoms with Crippen molar-refractivity contribution in [2.45, 2.75) is 13.0 Å². The molecule has 0 saturated carbocycles. The highest BCUT2D eigenvalue weighted by molar-refractivity contribution is 5.88. The second-order valence-electron chi connectivity index (χ2n) is 8.81. The Morgan fingerprint density at radius 2 is 1.85 bits per heavy atom. The van der Waals surface area contributed by atoms with E-state index < -0.39 is 0 Å². The lowest BCUT2D eigenvalue weighted by atomic mass is 10.0. The standard InChI is InChI=1S/C26H33N7/c1-18(15-32(6)27-3)20-7-8-22-14-29-25(12-23(22)11-20)30-19(2)21-9-10-28-26(13-21)33-16-24(17-33)31(4)5/h7-15,24,27H,2,16-17H2,1,3-6H3,(H,29,30)/b18-15+. The van der Waals surface area contributed by atoms with Crippen molar-refractivity contribution in [3.8, 4) is 0 Å². The Morgan fingerprint density at radius 1 is 1.06 bits per heavy atom. The van der Waals surface area contributed by atoms with E-state index in [9.17, 15) is 0 Å². The lowest BCUT2D eigenvalue weighted by molar-refractivity contribution is 0.246. The fourth-order valence-corrected chi connectivity index (χ4v) is 3.86. The van der Waals surface area contributed by atoms with Gasteiger partial charge in [-0.3, -0.25) is 0 Å². The number of anilines is 2. The van der Waals surface area contributed by atoms with Gasteiger partial charge in [0.05, 0.1) is 0 Å². The lowest BCUT2D eigenvalue weighted by Crippen LogP contribution is -2.57. The first-order valence-corrected chi connectivity index (χ1v) is 11.2. The van der Waals surface area contributed by atoms with Gasteiger partial charge in [0.1, 0.15) is 11.6 Å². The highest BCUT2D eigenvalue weighted by Gasteiger charge is 2.29. The predicted molar refractivity (Wildman–Crippen MR) is 139 cm³/mol. The molecule has 33 heavy (non-hydrogen) atoms. The number of pyridine rings is 2. The third-order valence-electron chi connectivity index (χ3n) is 6.21. The van der Waals surface area contributed by atoms with Crippen molar-refractivity contribution in [3.05, 3.63) is 72.7 Å². The van der Waals surface area contributed by atoms with Crippen LogP contribution in [0.2, 0.25) is 0 Å². The van der Waals surface area contributed by atoms with E-state index in [4.69, 9.17) is 0 Å². The van der Waals surface area contributed by atoms with Crippen LogP contribution in [0.1, 0.15) is 18.1 Å². The van der Waals surface area contributed by atoms with E-state index in [-0.39, 0.29) is 0 Å². The molecule has 7 nitrogen and oxygen atoms in total. The van der Waals surface area contributed by atoms with Gasteiger partial charge in [-0.15, -0.1) is 0 Å². The van der Waals surface area contributed by atoms with Crippen LogP contribution in [0.4, 0.5) is 11.6 Å². The maximum atomic E-state index is 4.59. The number of benzene rings is 1. The maximum Gasteiger partial charge on any atom is 0.130 e. The molecular weight excluding hydrogens is 410 g/mol. The monoisotopic (exact) mass is 443 g/mol. The zero-order valence-corrected chi connectivity index (χ0v) is 20.1. The number of aromatic nitrogens is 2. The summed E-state index contributed by atoms with van der Waals surface area (Å²) < 4.78 is 0. The van der Waals surface area contributed by atoms with Gasteiger partial charge >= 0.3 is 0 Å². The summed E-state index contributed by atoms with van der Waals surface area (Å²) in [6.07, 6.45) is 5.81. The van der Waals surface area contributed by atoms with Crippen LogP contribution >= 0.6 is 0 Å². The summed E-state index contributed by atoms with van der Waals surface area (Å²) in [5.74, 6) is 1.76. The molecule has 2 aromatic heterocycles. The molecule has 3 heterocycles. The quantitative estimate of drug-likeness (QED) is 0.512. The number of hydrogen-bond donors (Lipinski definition) is 2. The number of fused-ring (bicyclic) bond motifs is 1. The van der Waals surface area contributed by atoms with Crippen molar-refractivity contribution < 1.29 is 0 Å². The molecule has 172 valence electrons. The fraction of sp³-hybridized carbons (Fsp3) is 0.308. The Bertz CT molecular complexity index is 1180. The van der Waals surface area contributed by atoms with Crippen molar-refractivity contribution in [3.63, 3.8) is 0 Å². The molecule has 3 aromatic rings. The van der Waals surface area contributed by atoms with Crippen LogP contribution in [0, 0.1) is 0 Å². The first-order chi connectivity index (χ1) is 15.8. The Hall–Kier alpha value is -3.42. The van der Waals surface area contributed by atoms with Gasteiger partial charge in [0.25, 0.3) is 0 Å². The topological polar surface area (TPSA) is 59.6 Å². The summed E-state index contributed by atoms with van der Waals surface area (Å²) >= 11 is 0. The number of nitrogens with one attached hydrogen (secondary N) is 2. The molecule has 0 unspecified atom stereocenters. The van der Waals surface area contributed by atoms with Crippen molar-refractivity contribution in [2.24, 2.45) is 0 Å². The summed E-state index contributed by atoms with van der Waals surface area (Å²) in [5.41, 5.74) is 7.26. The molecule has 0 aliphatic carbocycles. The average molecular weight is 444 g/mol. The fourth-order valence-electron chi connectivity index (χ4n) is 3.86. The van der Waals surface area contributed by atoms with Gasteiger partial charge in [-0.2, -0.15) is 0 Å². The number of rotatable bonds is 8. The first kappa shape index (κ1) is 22.8. The van der Waals surface area contributed by atoms with Crippen molar-refractivity contribution >= 4 is 33.7 Å². The maximum absolute atomic E-state index is 4.59. The van der Waals surface area contributed by atoms with Crippen LogP contribution in [0.25, 0.3) is 22.0 Å². The molecular formula is C26H33N7. The number of hydrogen-bond acceptors (Lipinski definition) is 7. The number of likely N-dealkylation sites (N-methyl/N-ethyl adjacent to an activating group) is 1. The predicted octanol–water partition coefficient (Wildman–Crippen LogP) is 3.89. The molecule has 1 aliphatic heterocycles. The largest absolute Gasteiger partial charge is 0.353 e. The van der Waals surface area contributed by atoms with Gasteiger partial charge < -0.3 is 20.1 Å². The molecule has 0 atom stereocenters. The van der Waals surface area contributed by atoms with Crippen LogP contribution in [0.3, 0.4) is 0 Å². The zero-order valence-electron chi connectivity index (χ0n) is 20.1. The molecule has 0 amide bonds. The Kier molecular flexibility index (Phi) is 6.62. The molecule has 0 radical (unpaired) electrons. The second-order valence-corrected chi connectivity index (χ2v) is 8.81. The minimum atomic E-state index is 0.584. The molecule has 0 spiro atoms. The van der Waals surface area contributed by atoms with Crippen molar-refractivity contribution in [1.29, 1.82) is 0 Å². The molecule has 0 bridgehead atoms. The van der Waals surface area contributed by atoms with Gasteiger partial charge in [-0.1, -0.05) is 18.7 Å². The van der Waals surface area contributed by atoms with E-state index in [1.165, 1.54) is 11.1 Å². The van der Waals surface area contributed by atoms with E-state index in [0.717, 1.165) is 46.8 Å². The first-order valence-electron chi connectivity index (χ1n) is 11.2. The normalized spacial score (nSPS) is 14.5. The zero-order chi connectivity index (χ0) is 23.5. The average Bonchev–Trinajstić information content (AvgIpc) is 2.77. The molecule has 2 N–H and O–H groups in total. The van der Waals surface area contributed by atoms with E-state index in [0.29, 0.717) is 6.04 Å². The van der Waals surface area contributed by atoms with Gasteiger partial charge in [0.15, 0.2) is 0 Å². The summed E-state index contributed by atoms with van der Waals surface area (Å²) in [5, 5.41) is 7.54. The van der Waals surface area contributed by atoms with Crippen LogP contribution in [0.15, 0.2) is 61.6 Å². The number of hydrazine groups is 1. The number of nitrogens with zero attached hydrogens (tertiary/aromatic N) is 5. The third kappa shape index (κ3) is 5.16. The van der Waals surface area contributed by atoms with Gasteiger partial charge in [-0.05, 0) is 61.8 Å². The molecule has 7 heteroatoms. The van der Waals surface area contributed by atoms with E-state index in [1.54, 1.807) is 0 Å². The second kappa shape index (κ2) is 9.60. The van der Waals surface area contributed by atoms with Crippen LogP contribution in [0.5, 0.6) is 0 Å². The highest BCUT2D eigenvalue weighted by atomic mass is 15.5. The minimum absolute atomic E-state index is 0.584. The molecule has 1 saturated heterocycles. The van der Waals surface area contributed by atoms with Gasteiger partial charge in [0, 0.05) is 68.5 Å². The van der Waals surface area contributed by atoms with Crippen LogP contribution in [-0.4, -0.2) is 67.2 Å². The SMILES string of the molecule is C=C(Nc1cc2cc(/C(C)=C/N(C)NC)ccc2cn1)c1ccnc(N2CC(N(C)C)C2)c1. The lowest BCUT2D eigenvalue weighted by Gasteiger charge is -2.43. The third-order valence-corrected chi connectivity index (χ3v) is 6.21. The minimum Gasteiger partial charge on any atom is -0.353 e. The Labute approximate surface area is 196 Å². The summed E-state index contributed by atoms with van der Waals surface area (Å²) in [4.78, 5) is 13.7. The van der Waals surface area contributed by atoms with Crippen LogP contribution < -0.4 is 15.6 Å². The Morgan fingerprint density at radius 3 is 2.58 bits per heavy atom. The van der Waals surface area contributed by atoms with E-state index in [2.05, 4.69) is 94.6 Å². The van der Waals surface area contributed by atoms with E-state index >= 15 is 0 Å². The highest BCUT2D eigenvalue weighted by Crippen LogP contribution is 2.26. The van der Waals surface area contributed by atoms with Gasteiger partial charge in [-0.25, -0.2) is 15.4 Å². The molecule has 4 rings (SSSR count). The smallest absolute Gasteiger partial charge is 0.130 e. The molecule has 1 fully saturated rings. The molecule has 1 aromatic carbocycles. The van der Waals surface area contributed by atoms with Crippen molar-refractivity contribution in [2.75, 3.05) is 51.5 Å². The van der Waals surface area contributed by atoms with Gasteiger partial charge in [0.2, 0.25) is 0 Å². The molecule has 1 aliphatic rings.